The van der Waals surface area contributed by atoms with Gasteiger partial charge in [0.1, 0.15) is 0 Å². The predicted octanol–water partition coefficient (Wildman–Crippen LogP) is 2.38. The van der Waals surface area contributed by atoms with Gasteiger partial charge in [0.2, 0.25) is 5.91 Å². The molecule has 0 bridgehead atoms. The lowest BCUT2D eigenvalue weighted by Gasteiger charge is -2.39. The molecule has 2 fully saturated rings. The summed E-state index contributed by atoms with van der Waals surface area (Å²) in [6.45, 7) is 2.16. The summed E-state index contributed by atoms with van der Waals surface area (Å²) >= 11 is 0. The molecule has 0 unspecified atom stereocenters. The number of carbonyl (C=O) groups excluding carboxylic acids is 1. The number of rotatable bonds is 3. The summed E-state index contributed by atoms with van der Waals surface area (Å²) in [5, 5.41) is 12.8. The Kier molecular flexibility index (Phi) is 3.76. The molecular formula is C14H25NO2. The molecule has 0 spiro atoms. The van der Waals surface area contributed by atoms with Crippen LogP contribution in [0.4, 0.5) is 0 Å². The van der Waals surface area contributed by atoms with Crippen molar-refractivity contribution in [1.82, 2.24) is 5.32 Å². The largest absolute Gasteiger partial charge is 0.394 e. The molecule has 2 rings (SSSR count). The minimum absolute atomic E-state index is 0.0921. The Morgan fingerprint density at radius 1 is 1.06 bits per heavy atom. The zero-order chi connectivity index (χ0) is 12.4. The molecule has 17 heavy (non-hydrogen) atoms. The highest BCUT2D eigenvalue weighted by Gasteiger charge is 2.41. The molecule has 0 aliphatic heterocycles. The van der Waals surface area contributed by atoms with E-state index in [2.05, 4.69) is 12.2 Å². The normalized spacial score (nSPS) is 26.7. The monoisotopic (exact) mass is 239 g/mol. The molecule has 2 aliphatic rings. The van der Waals surface area contributed by atoms with Crippen LogP contribution in [-0.2, 0) is 4.79 Å². The van der Waals surface area contributed by atoms with Crippen LogP contribution < -0.4 is 5.32 Å². The molecule has 0 aromatic carbocycles. The van der Waals surface area contributed by atoms with Crippen LogP contribution in [0.2, 0.25) is 0 Å². The zero-order valence-electron chi connectivity index (χ0n) is 10.9. The molecule has 0 aromatic rings. The standard InChI is InChI=1S/C14H25NO2/c1-13(7-5-6-8-13)12(17)15-14(11-16)9-3-2-4-10-14/h16H,2-11H2,1H3,(H,15,17). The van der Waals surface area contributed by atoms with Crippen molar-refractivity contribution in [3.05, 3.63) is 0 Å². The second-order valence-electron chi connectivity index (χ2n) is 6.22. The third kappa shape index (κ3) is 2.65. The molecular weight excluding hydrogens is 214 g/mol. The summed E-state index contributed by atoms with van der Waals surface area (Å²) in [4.78, 5) is 12.4. The van der Waals surface area contributed by atoms with Crippen LogP contribution in [-0.4, -0.2) is 23.2 Å². The van der Waals surface area contributed by atoms with Crippen LogP contribution in [0.1, 0.15) is 64.7 Å². The molecule has 0 atom stereocenters. The topological polar surface area (TPSA) is 49.3 Å². The van der Waals surface area contributed by atoms with Gasteiger partial charge >= 0.3 is 0 Å². The number of nitrogens with one attached hydrogen (secondary N) is 1. The van der Waals surface area contributed by atoms with E-state index in [0.29, 0.717) is 0 Å². The van der Waals surface area contributed by atoms with E-state index < -0.39 is 0 Å². The van der Waals surface area contributed by atoms with Gasteiger partial charge in [0.15, 0.2) is 0 Å². The Morgan fingerprint density at radius 2 is 1.59 bits per heavy atom. The number of hydrogen-bond donors (Lipinski definition) is 2. The molecule has 2 aliphatic carbocycles. The minimum Gasteiger partial charge on any atom is -0.394 e. The summed E-state index contributed by atoms with van der Waals surface area (Å²) in [7, 11) is 0. The van der Waals surface area contributed by atoms with Crippen molar-refractivity contribution in [2.75, 3.05) is 6.61 Å². The van der Waals surface area contributed by atoms with Crippen LogP contribution in [0, 0.1) is 5.41 Å². The Balaban J connectivity index is 2.00. The summed E-state index contributed by atoms with van der Waals surface area (Å²) in [6, 6.07) is 0. The summed E-state index contributed by atoms with van der Waals surface area (Å²) in [5.74, 6) is 0.172. The summed E-state index contributed by atoms with van der Waals surface area (Å²) in [6.07, 6.45) is 9.67. The van der Waals surface area contributed by atoms with Crippen molar-refractivity contribution in [1.29, 1.82) is 0 Å². The maximum Gasteiger partial charge on any atom is 0.226 e. The Bertz CT molecular complexity index is 276. The van der Waals surface area contributed by atoms with Gasteiger partial charge in [0.25, 0.3) is 0 Å². The fraction of sp³-hybridized carbons (Fsp3) is 0.929. The molecule has 0 aromatic heterocycles. The zero-order valence-corrected chi connectivity index (χ0v) is 10.9. The van der Waals surface area contributed by atoms with Gasteiger partial charge in [-0.15, -0.1) is 0 Å². The van der Waals surface area contributed by atoms with Crippen LogP contribution in [0.3, 0.4) is 0 Å². The average molecular weight is 239 g/mol. The van der Waals surface area contributed by atoms with Crippen molar-refractivity contribution >= 4 is 5.91 Å². The van der Waals surface area contributed by atoms with E-state index in [1.54, 1.807) is 0 Å². The fourth-order valence-electron chi connectivity index (χ4n) is 3.33. The highest BCUT2D eigenvalue weighted by atomic mass is 16.3. The van der Waals surface area contributed by atoms with E-state index in [1.807, 2.05) is 0 Å². The maximum absolute atomic E-state index is 12.4. The van der Waals surface area contributed by atoms with E-state index in [-0.39, 0.29) is 23.5 Å². The highest BCUT2D eigenvalue weighted by molar-refractivity contribution is 5.83. The molecule has 2 N–H and O–H groups in total. The second kappa shape index (κ2) is 4.97. The quantitative estimate of drug-likeness (QED) is 0.794. The van der Waals surface area contributed by atoms with E-state index in [4.69, 9.17) is 0 Å². The van der Waals surface area contributed by atoms with E-state index in [9.17, 15) is 9.90 Å². The molecule has 3 heteroatoms. The minimum atomic E-state index is -0.319. The Hall–Kier alpha value is -0.570. The lowest BCUT2D eigenvalue weighted by molar-refractivity contribution is -0.133. The number of hydrogen-bond acceptors (Lipinski definition) is 2. The Morgan fingerprint density at radius 3 is 2.12 bits per heavy atom. The molecule has 0 heterocycles. The highest BCUT2D eigenvalue weighted by Crippen LogP contribution is 2.39. The average Bonchev–Trinajstić information content (AvgIpc) is 2.79. The van der Waals surface area contributed by atoms with Crippen LogP contribution in [0.25, 0.3) is 0 Å². The van der Waals surface area contributed by atoms with Crippen molar-refractivity contribution in [2.45, 2.75) is 70.3 Å². The number of amides is 1. The Labute approximate surface area is 104 Å². The first-order chi connectivity index (χ1) is 8.10. The van der Waals surface area contributed by atoms with Crippen molar-refractivity contribution in [2.24, 2.45) is 5.41 Å². The van der Waals surface area contributed by atoms with Gasteiger partial charge in [0, 0.05) is 5.41 Å². The predicted molar refractivity (Wildman–Crippen MR) is 67.6 cm³/mol. The van der Waals surface area contributed by atoms with Gasteiger partial charge in [-0.2, -0.15) is 0 Å². The molecule has 1 amide bonds. The van der Waals surface area contributed by atoms with Gasteiger partial charge < -0.3 is 10.4 Å². The summed E-state index contributed by atoms with van der Waals surface area (Å²) in [5.41, 5.74) is -0.499. The lowest BCUT2D eigenvalue weighted by Crippen LogP contribution is -2.55. The van der Waals surface area contributed by atoms with Gasteiger partial charge in [-0.3, -0.25) is 4.79 Å². The van der Waals surface area contributed by atoms with Crippen molar-refractivity contribution < 1.29 is 9.90 Å². The summed E-state index contributed by atoms with van der Waals surface area (Å²) < 4.78 is 0. The van der Waals surface area contributed by atoms with Crippen LogP contribution in [0.15, 0.2) is 0 Å². The second-order valence-corrected chi connectivity index (χ2v) is 6.22. The molecule has 98 valence electrons. The number of carbonyl (C=O) groups is 1. The van der Waals surface area contributed by atoms with Gasteiger partial charge in [-0.1, -0.05) is 39.0 Å². The first kappa shape index (κ1) is 12.9. The van der Waals surface area contributed by atoms with E-state index >= 15 is 0 Å². The third-order valence-corrected chi connectivity index (χ3v) is 4.75. The van der Waals surface area contributed by atoms with Crippen LogP contribution >= 0.6 is 0 Å². The molecule has 0 saturated heterocycles. The lowest BCUT2D eigenvalue weighted by atomic mass is 9.80. The first-order valence-electron chi connectivity index (χ1n) is 7.04. The van der Waals surface area contributed by atoms with Gasteiger partial charge in [-0.25, -0.2) is 0 Å². The van der Waals surface area contributed by atoms with E-state index in [1.165, 1.54) is 6.42 Å². The van der Waals surface area contributed by atoms with Crippen molar-refractivity contribution in [3.8, 4) is 0 Å². The molecule has 3 nitrogen and oxygen atoms in total. The third-order valence-electron chi connectivity index (χ3n) is 4.75. The first-order valence-corrected chi connectivity index (χ1v) is 7.04. The molecule has 2 saturated carbocycles. The van der Waals surface area contributed by atoms with Crippen LogP contribution in [0.5, 0.6) is 0 Å². The fourth-order valence-corrected chi connectivity index (χ4v) is 3.33. The SMILES string of the molecule is CC1(C(=O)NC2(CO)CCCCC2)CCCC1. The van der Waals surface area contributed by atoms with E-state index in [0.717, 1.165) is 51.4 Å². The molecule has 0 radical (unpaired) electrons. The number of aliphatic hydroxyl groups excluding tert-OH is 1. The number of aliphatic hydroxyl groups is 1. The van der Waals surface area contributed by atoms with Gasteiger partial charge in [-0.05, 0) is 25.7 Å². The van der Waals surface area contributed by atoms with Gasteiger partial charge in [0.05, 0.1) is 12.1 Å². The smallest absolute Gasteiger partial charge is 0.226 e. The maximum atomic E-state index is 12.4. The van der Waals surface area contributed by atoms with Crippen molar-refractivity contribution in [3.63, 3.8) is 0 Å².